The van der Waals surface area contributed by atoms with Gasteiger partial charge in [-0.2, -0.15) is 0 Å². The molecule has 0 rings (SSSR count). The Hall–Kier alpha value is 0.730. The first-order valence-electron chi connectivity index (χ1n) is 17.7. The molecule has 0 fully saturated rings. The highest BCUT2D eigenvalue weighted by molar-refractivity contribution is 14.1. The Morgan fingerprint density at radius 1 is 0.297 bits per heavy atom. The molecule has 0 bridgehead atoms. The van der Waals surface area contributed by atoms with Crippen LogP contribution in [0.2, 0.25) is 0 Å². The van der Waals surface area contributed by atoms with E-state index in [1.807, 2.05) is 88.0 Å². The summed E-state index contributed by atoms with van der Waals surface area (Å²) in [6.45, 7) is 30.9. The molecule has 0 saturated heterocycles. The molecule has 0 atom stereocenters. The second-order valence-corrected chi connectivity index (χ2v) is 7.83. The second kappa shape index (κ2) is 90.8. The minimum absolute atomic E-state index is 1.05. The van der Waals surface area contributed by atoms with Crippen molar-refractivity contribution >= 4 is 22.6 Å². The van der Waals surface area contributed by atoms with Crippen molar-refractivity contribution in [2.75, 3.05) is 4.93 Å². The number of alkyl halides is 1. The van der Waals surface area contributed by atoms with Crippen molar-refractivity contribution in [1.29, 1.82) is 0 Å². The molecule has 0 nitrogen and oxygen atoms in total. The third-order valence-electron chi connectivity index (χ3n) is 5.40. The van der Waals surface area contributed by atoms with Crippen molar-refractivity contribution in [3.8, 4) is 0 Å². The summed E-state index contributed by atoms with van der Waals surface area (Å²) in [5.41, 5.74) is 0. The first-order valence-corrected chi connectivity index (χ1v) is 19.9. The minimum Gasteiger partial charge on any atom is -0.0901 e. The summed E-state index contributed by atoms with van der Waals surface area (Å²) in [5, 5.41) is 0. The normalized spacial score (nSPS) is 8.27. The van der Waals surface area contributed by atoms with Gasteiger partial charge in [0.2, 0.25) is 0 Å². The summed E-state index contributed by atoms with van der Waals surface area (Å²) in [6, 6.07) is 0. The highest BCUT2D eigenvalue weighted by Gasteiger charge is 2.08. The molecule has 0 aromatic rings. The Labute approximate surface area is 258 Å². The van der Waals surface area contributed by atoms with Crippen LogP contribution in [-0.4, -0.2) is 4.93 Å². The number of rotatable bonds is 19. The SMILES string of the molecule is CC.CC.CC.CC.CC.CC.CCCCCCCCC(CCCCCC)CCCCCCCC.CI. The molecule has 0 amide bonds. The molecular formula is C36H87I. The van der Waals surface area contributed by atoms with Crippen LogP contribution in [0.5, 0.6) is 0 Å². The van der Waals surface area contributed by atoms with Crippen LogP contribution in [0, 0.1) is 5.92 Å². The maximum Gasteiger partial charge on any atom is -0.0121 e. The molecule has 0 radical (unpaired) electrons. The predicted octanol–water partition coefficient (Wildman–Crippen LogP) is 16.3. The van der Waals surface area contributed by atoms with E-state index in [9.17, 15) is 0 Å². The van der Waals surface area contributed by atoms with E-state index in [0.717, 1.165) is 5.92 Å². The summed E-state index contributed by atoms with van der Waals surface area (Å²) in [7, 11) is 0. The van der Waals surface area contributed by atoms with Crippen LogP contribution in [0.3, 0.4) is 0 Å². The lowest BCUT2D eigenvalue weighted by Gasteiger charge is -2.17. The standard InChI is InChI=1S/C23H48.6C2H6.CH3I/c1-4-7-10-13-15-18-21-23(20-17-12-9-6-3)22-19-16-14-11-8-5-2;7*1-2/h23H,4-22H2,1-3H3;6*1-2H3;1H3. The van der Waals surface area contributed by atoms with Crippen molar-refractivity contribution in [2.45, 2.75) is 226 Å². The van der Waals surface area contributed by atoms with Gasteiger partial charge < -0.3 is 0 Å². The number of hydrogen-bond acceptors (Lipinski definition) is 0. The lowest BCUT2D eigenvalue weighted by Crippen LogP contribution is -2.01. The van der Waals surface area contributed by atoms with E-state index >= 15 is 0 Å². The van der Waals surface area contributed by atoms with Gasteiger partial charge in [-0.15, -0.1) is 0 Å². The fourth-order valence-corrected chi connectivity index (χ4v) is 3.72. The molecule has 0 spiro atoms. The van der Waals surface area contributed by atoms with Crippen molar-refractivity contribution in [2.24, 2.45) is 5.92 Å². The van der Waals surface area contributed by atoms with Crippen LogP contribution >= 0.6 is 22.6 Å². The Morgan fingerprint density at radius 2 is 0.459 bits per heavy atom. The molecule has 0 aliphatic rings. The number of halogens is 1. The second-order valence-electron chi connectivity index (χ2n) is 7.83. The van der Waals surface area contributed by atoms with E-state index in [4.69, 9.17) is 0 Å². The summed E-state index contributed by atoms with van der Waals surface area (Å²) in [6.07, 6.45) is 27.8. The van der Waals surface area contributed by atoms with Crippen molar-refractivity contribution in [3.63, 3.8) is 0 Å². The molecule has 1 heteroatoms. The van der Waals surface area contributed by atoms with Crippen molar-refractivity contribution in [1.82, 2.24) is 0 Å². The smallest absolute Gasteiger partial charge is 0.0121 e. The van der Waals surface area contributed by atoms with E-state index in [2.05, 4.69) is 43.4 Å². The predicted molar refractivity (Wildman–Crippen MR) is 196 cm³/mol. The van der Waals surface area contributed by atoms with Gasteiger partial charge in [0.15, 0.2) is 0 Å². The van der Waals surface area contributed by atoms with Gasteiger partial charge in [0.25, 0.3) is 0 Å². The maximum atomic E-state index is 2.32. The van der Waals surface area contributed by atoms with Crippen LogP contribution in [0.15, 0.2) is 0 Å². The Kier molecular flexibility index (Phi) is 141. The largest absolute Gasteiger partial charge is 0.0901 e. The molecule has 0 heterocycles. The van der Waals surface area contributed by atoms with Crippen LogP contribution in [0.25, 0.3) is 0 Å². The maximum absolute atomic E-state index is 2.32. The fourth-order valence-electron chi connectivity index (χ4n) is 3.72. The van der Waals surface area contributed by atoms with E-state index in [1.165, 1.54) is 122 Å². The highest BCUT2D eigenvalue weighted by Crippen LogP contribution is 2.24. The quantitative estimate of drug-likeness (QED) is 0.0744. The minimum atomic E-state index is 1.05. The van der Waals surface area contributed by atoms with Crippen LogP contribution in [0.1, 0.15) is 226 Å². The zero-order valence-corrected chi connectivity index (χ0v) is 32.5. The van der Waals surface area contributed by atoms with Crippen LogP contribution in [-0.2, 0) is 0 Å². The van der Waals surface area contributed by atoms with Crippen LogP contribution in [0.4, 0.5) is 0 Å². The summed E-state index contributed by atoms with van der Waals surface area (Å²) < 4.78 is 0. The first-order chi connectivity index (χ1) is 18.3. The average molecular weight is 647 g/mol. The van der Waals surface area contributed by atoms with E-state index in [0.29, 0.717) is 0 Å². The molecule has 0 aliphatic heterocycles. The Bertz CT molecular complexity index is 187. The van der Waals surface area contributed by atoms with Gasteiger partial charge in [-0.25, -0.2) is 0 Å². The molecule has 0 aliphatic carbocycles. The highest BCUT2D eigenvalue weighted by atomic mass is 127. The summed E-state index contributed by atoms with van der Waals surface area (Å²) in [4.78, 5) is 1.97. The first kappa shape index (κ1) is 57.6. The molecule has 0 saturated carbocycles. The van der Waals surface area contributed by atoms with Crippen molar-refractivity contribution in [3.05, 3.63) is 0 Å². The molecule has 0 N–H and O–H groups in total. The third-order valence-corrected chi connectivity index (χ3v) is 5.40. The summed E-state index contributed by atoms with van der Waals surface area (Å²) in [5.74, 6) is 1.05. The monoisotopic (exact) mass is 647 g/mol. The fraction of sp³-hybridized carbons (Fsp3) is 1.00. The molecule has 238 valence electrons. The number of hydrogen-bond donors (Lipinski definition) is 0. The topological polar surface area (TPSA) is 0 Å². The lowest BCUT2D eigenvalue weighted by atomic mass is 9.89. The zero-order valence-electron chi connectivity index (χ0n) is 30.4. The average Bonchev–Trinajstić information content (AvgIpc) is 3.01. The van der Waals surface area contributed by atoms with Gasteiger partial charge in [-0.1, -0.05) is 248 Å². The lowest BCUT2D eigenvalue weighted by molar-refractivity contribution is 0.366. The van der Waals surface area contributed by atoms with E-state index in [1.54, 1.807) is 0 Å². The molecular weight excluding hydrogens is 559 g/mol. The molecule has 0 aromatic carbocycles. The molecule has 0 unspecified atom stereocenters. The zero-order chi connectivity index (χ0) is 31.0. The molecule has 0 aromatic heterocycles. The Balaban J connectivity index is -0.0000000856. The third kappa shape index (κ3) is 85.7. The van der Waals surface area contributed by atoms with Gasteiger partial charge >= 0.3 is 0 Å². The molecule has 37 heavy (non-hydrogen) atoms. The van der Waals surface area contributed by atoms with E-state index in [-0.39, 0.29) is 0 Å². The summed E-state index contributed by atoms with van der Waals surface area (Å²) >= 11 is 2.15. The van der Waals surface area contributed by atoms with Crippen molar-refractivity contribution < 1.29 is 0 Å². The van der Waals surface area contributed by atoms with Gasteiger partial charge in [0.1, 0.15) is 0 Å². The Morgan fingerprint density at radius 3 is 0.676 bits per heavy atom. The van der Waals surface area contributed by atoms with E-state index < -0.39 is 0 Å². The van der Waals surface area contributed by atoms with Gasteiger partial charge in [-0.3, -0.25) is 0 Å². The van der Waals surface area contributed by atoms with Crippen LogP contribution < -0.4 is 0 Å². The van der Waals surface area contributed by atoms with Gasteiger partial charge in [0.05, 0.1) is 0 Å². The number of unbranched alkanes of at least 4 members (excludes halogenated alkanes) is 13. The van der Waals surface area contributed by atoms with Gasteiger partial charge in [0, 0.05) is 0 Å². The van der Waals surface area contributed by atoms with Gasteiger partial charge in [-0.05, 0) is 10.8 Å².